The summed E-state index contributed by atoms with van der Waals surface area (Å²) < 4.78 is 24.3. The lowest BCUT2D eigenvalue weighted by Gasteiger charge is -2.16. The van der Waals surface area contributed by atoms with Gasteiger partial charge in [0.1, 0.15) is 0 Å². The fourth-order valence-corrected chi connectivity index (χ4v) is 3.87. The van der Waals surface area contributed by atoms with Crippen molar-refractivity contribution in [2.75, 3.05) is 19.4 Å². The molecular formula is C12H20BrN2O5P. The lowest BCUT2D eigenvalue weighted by molar-refractivity contribution is 0.219. The van der Waals surface area contributed by atoms with Gasteiger partial charge in [-0.25, -0.2) is 4.79 Å². The molecule has 9 heteroatoms. The number of unbranched alkanes of at least 4 members (excludes halogenated alkanes) is 1. The Morgan fingerprint density at radius 1 is 1.24 bits per heavy atom. The zero-order chi connectivity index (χ0) is 15.9. The first-order chi connectivity index (χ1) is 9.91. The maximum atomic E-state index is 12.2. The van der Waals surface area contributed by atoms with Gasteiger partial charge in [-0.05, 0) is 42.6 Å². The molecule has 1 aromatic rings. The third-order valence-corrected chi connectivity index (χ3v) is 5.43. The zero-order valence-corrected chi connectivity index (χ0v) is 14.6. The van der Waals surface area contributed by atoms with Gasteiger partial charge in [-0.3, -0.25) is 18.9 Å². The lowest BCUT2D eigenvalue weighted by Crippen LogP contribution is -2.29. The minimum Gasteiger partial charge on any atom is -0.309 e. The normalized spacial score (nSPS) is 11.8. The van der Waals surface area contributed by atoms with Gasteiger partial charge in [0.25, 0.3) is 5.56 Å². The first-order valence-corrected chi connectivity index (χ1v) is 9.31. The second-order valence-corrected chi connectivity index (χ2v) is 7.35. The molecule has 0 aliphatic heterocycles. The molecule has 0 amide bonds. The minimum atomic E-state index is -3.02. The van der Waals surface area contributed by atoms with E-state index in [-0.39, 0.29) is 0 Å². The number of halogens is 1. The molecule has 0 aliphatic carbocycles. The van der Waals surface area contributed by atoms with E-state index < -0.39 is 18.8 Å². The summed E-state index contributed by atoms with van der Waals surface area (Å²) >= 11 is 3.07. The van der Waals surface area contributed by atoms with E-state index >= 15 is 0 Å². The molecule has 1 heterocycles. The van der Waals surface area contributed by atoms with E-state index in [9.17, 15) is 14.2 Å². The molecule has 1 aromatic heterocycles. The summed E-state index contributed by atoms with van der Waals surface area (Å²) in [5, 5.41) is 0. The van der Waals surface area contributed by atoms with Crippen LogP contribution in [0.1, 0.15) is 26.7 Å². The Morgan fingerprint density at radius 3 is 2.43 bits per heavy atom. The first kappa shape index (κ1) is 18.4. The van der Waals surface area contributed by atoms with Gasteiger partial charge in [-0.15, -0.1) is 0 Å². The highest BCUT2D eigenvalue weighted by molar-refractivity contribution is 9.10. The van der Waals surface area contributed by atoms with Gasteiger partial charge in [0.2, 0.25) is 0 Å². The number of hydrogen-bond acceptors (Lipinski definition) is 5. The maximum absolute atomic E-state index is 12.2. The van der Waals surface area contributed by atoms with E-state index in [1.807, 2.05) is 0 Å². The lowest BCUT2D eigenvalue weighted by atomic mass is 10.3. The standard InChI is InChI=1S/C12H20BrN2O5P/c1-3-19-21(18,20-4-2)8-6-5-7-15-9-10(13)11(16)14-12(15)17/h9H,3-8H2,1-2H3,(H,14,16,17). The van der Waals surface area contributed by atoms with Gasteiger partial charge in [0, 0.05) is 12.7 Å². The van der Waals surface area contributed by atoms with Crippen LogP contribution >= 0.6 is 23.5 Å². The SMILES string of the molecule is CCOP(=O)(CCCCn1cc(Br)c(=O)[nH]c1=O)OCC. The number of H-pyrrole nitrogens is 1. The number of nitrogens with zero attached hydrogens (tertiary/aromatic N) is 1. The minimum absolute atomic E-state index is 0.302. The van der Waals surface area contributed by atoms with Crippen molar-refractivity contribution in [1.82, 2.24) is 9.55 Å². The molecule has 0 bridgehead atoms. The number of hydrogen-bond donors (Lipinski definition) is 1. The van der Waals surface area contributed by atoms with Crippen molar-refractivity contribution in [3.05, 3.63) is 31.5 Å². The predicted octanol–water partition coefficient (Wildman–Crippen LogP) is 2.35. The third-order valence-electron chi connectivity index (χ3n) is 2.70. The van der Waals surface area contributed by atoms with Crippen LogP contribution in [0.5, 0.6) is 0 Å². The molecule has 0 aliphatic rings. The van der Waals surface area contributed by atoms with Crippen molar-refractivity contribution in [2.24, 2.45) is 0 Å². The van der Waals surface area contributed by atoms with Crippen molar-refractivity contribution < 1.29 is 13.6 Å². The molecule has 0 saturated carbocycles. The summed E-state index contributed by atoms with van der Waals surface area (Å²) in [7, 11) is -3.02. The monoisotopic (exact) mass is 382 g/mol. The van der Waals surface area contributed by atoms with Crippen molar-refractivity contribution >= 4 is 23.5 Å². The van der Waals surface area contributed by atoms with Crippen molar-refractivity contribution in [1.29, 1.82) is 0 Å². The number of aryl methyl sites for hydroxylation is 1. The molecule has 21 heavy (non-hydrogen) atoms. The zero-order valence-electron chi connectivity index (χ0n) is 12.1. The van der Waals surface area contributed by atoms with Gasteiger partial charge in [0.15, 0.2) is 0 Å². The number of nitrogens with one attached hydrogen (secondary N) is 1. The summed E-state index contributed by atoms with van der Waals surface area (Å²) in [4.78, 5) is 25.0. The molecule has 0 saturated heterocycles. The van der Waals surface area contributed by atoms with Crippen LogP contribution < -0.4 is 11.2 Å². The topological polar surface area (TPSA) is 90.4 Å². The Kier molecular flexibility index (Phi) is 7.59. The van der Waals surface area contributed by atoms with Crippen molar-refractivity contribution in [3.63, 3.8) is 0 Å². The van der Waals surface area contributed by atoms with E-state index in [2.05, 4.69) is 20.9 Å². The summed E-state index contributed by atoms with van der Waals surface area (Å²) in [6, 6.07) is 0. The third kappa shape index (κ3) is 5.90. The molecule has 7 nitrogen and oxygen atoms in total. The van der Waals surface area contributed by atoms with Crippen molar-refractivity contribution in [2.45, 2.75) is 33.2 Å². The highest BCUT2D eigenvalue weighted by Gasteiger charge is 2.22. The molecule has 0 radical (unpaired) electrons. The summed E-state index contributed by atoms with van der Waals surface area (Å²) in [6.45, 7) is 4.63. The molecule has 1 rings (SSSR count). The van der Waals surface area contributed by atoms with E-state index in [4.69, 9.17) is 9.05 Å². The highest BCUT2D eigenvalue weighted by atomic mass is 79.9. The van der Waals surface area contributed by atoms with Gasteiger partial charge in [0.05, 0.1) is 23.8 Å². The van der Waals surface area contributed by atoms with Crippen LogP contribution in [0.4, 0.5) is 0 Å². The Labute approximate surface area is 131 Å². The summed E-state index contributed by atoms with van der Waals surface area (Å²) in [6.07, 6.45) is 2.99. The van der Waals surface area contributed by atoms with Gasteiger partial charge in [-0.1, -0.05) is 0 Å². The summed E-state index contributed by atoms with van der Waals surface area (Å²) in [5.74, 6) is 0. The molecular weight excluding hydrogens is 363 g/mol. The van der Waals surface area contributed by atoms with Crippen molar-refractivity contribution in [3.8, 4) is 0 Å². The fraction of sp³-hybridized carbons (Fsp3) is 0.667. The second-order valence-electron chi connectivity index (χ2n) is 4.31. The van der Waals surface area contributed by atoms with Gasteiger partial charge >= 0.3 is 13.3 Å². The quantitative estimate of drug-likeness (QED) is 0.522. The molecule has 0 fully saturated rings. The van der Waals surface area contributed by atoms with Crippen LogP contribution in [0.15, 0.2) is 20.3 Å². The maximum Gasteiger partial charge on any atom is 0.330 e. The second kappa shape index (κ2) is 8.68. The predicted molar refractivity (Wildman–Crippen MR) is 84.0 cm³/mol. The van der Waals surface area contributed by atoms with Gasteiger partial charge in [-0.2, -0.15) is 0 Å². The number of aromatic amines is 1. The smallest absolute Gasteiger partial charge is 0.309 e. The number of aromatic nitrogens is 2. The Balaban J connectivity index is 2.54. The van der Waals surface area contributed by atoms with Gasteiger partial charge < -0.3 is 9.05 Å². The van der Waals surface area contributed by atoms with E-state index in [1.165, 1.54) is 10.8 Å². The molecule has 0 atom stereocenters. The average molecular weight is 383 g/mol. The Bertz CT molecular complexity index is 602. The largest absolute Gasteiger partial charge is 0.330 e. The summed E-state index contributed by atoms with van der Waals surface area (Å²) in [5.41, 5.74) is -0.908. The Morgan fingerprint density at radius 2 is 1.86 bits per heavy atom. The van der Waals surface area contributed by atoms with Crippen LogP contribution in [0, 0.1) is 0 Å². The van der Waals surface area contributed by atoms with Crippen LogP contribution in [-0.4, -0.2) is 28.9 Å². The van der Waals surface area contributed by atoms with Crippen LogP contribution in [0.2, 0.25) is 0 Å². The average Bonchev–Trinajstić information content (AvgIpc) is 2.41. The van der Waals surface area contributed by atoms with Crippen LogP contribution in [0.3, 0.4) is 0 Å². The number of rotatable bonds is 9. The first-order valence-electron chi connectivity index (χ1n) is 6.79. The fourth-order valence-electron chi connectivity index (χ4n) is 1.80. The van der Waals surface area contributed by atoms with Crippen LogP contribution in [0.25, 0.3) is 0 Å². The molecule has 0 aromatic carbocycles. The van der Waals surface area contributed by atoms with E-state index in [0.717, 1.165) is 0 Å². The van der Waals surface area contributed by atoms with Crippen LogP contribution in [-0.2, 0) is 20.2 Å². The highest BCUT2D eigenvalue weighted by Crippen LogP contribution is 2.48. The Hall–Kier alpha value is -0.690. The van der Waals surface area contributed by atoms with E-state index in [1.54, 1.807) is 13.8 Å². The van der Waals surface area contributed by atoms with E-state index in [0.29, 0.717) is 43.2 Å². The molecule has 0 spiro atoms. The molecule has 1 N–H and O–H groups in total. The molecule has 0 unspecified atom stereocenters. The molecule has 120 valence electrons.